The van der Waals surface area contributed by atoms with Crippen LogP contribution in [0.4, 0.5) is 0 Å². The number of guanidine groups is 1. The molecule has 35 heavy (non-hydrogen) atoms. The lowest BCUT2D eigenvalue weighted by Gasteiger charge is -2.28. The van der Waals surface area contributed by atoms with Crippen LogP contribution < -0.4 is 38.9 Å². The number of aldehydes is 1. The Morgan fingerprint density at radius 2 is 1.69 bits per heavy atom. The SMILES string of the molecule is CCN=C(NCC)C(CCN=C(N)N)[C@@H](C=O)NC(=O)[C@H](CC(C)C)NC(=O)[C@H](N)CCCCN. The third-order valence-corrected chi connectivity index (χ3v) is 5.31. The minimum absolute atomic E-state index is 0.0598. The van der Waals surface area contributed by atoms with Crippen molar-refractivity contribution < 1.29 is 14.4 Å². The van der Waals surface area contributed by atoms with E-state index in [0.717, 1.165) is 12.8 Å². The van der Waals surface area contributed by atoms with E-state index in [4.69, 9.17) is 22.9 Å². The smallest absolute Gasteiger partial charge is 0.243 e. The molecule has 0 fully saturated rings. The monoisotopic (exact) mass is 497 g/mol. The molecule has 11 N–H and O–H groups in total. The number of nitrogens with one attached hydrogen (secondary N) is 3. The van der Waals surface area contributed by atoms with Crippen LogP contribution in [0.5, 0.6) is 0 Å². The van der Waals surface area contributed by atoms with E-state index in [9.17, 15) is 14.4 Å². The van der Waals surface area contributed by atoms with Crippen molar-refractivity contribution in [3.05, 3.63) is 0 Å². The van der Waals surface area contributed by atoms with Gasteiger partial charge in [0.05, 0.1) is 12.1 Å². The van der Waals surface area contributed by atoms with Crippen molar-refractivity contribution in [3.63, 3.8) is 0 Å². The molecule has 4 atom stereocenters. The molecule has 0 bridgehead atoms. The zero-order valence-corrected chi connectivity index (χ0v) is 21.8. The fraction of sp³-hybridized carbons (Fsp3) is 0.783. The molecule has 0 aromatic rings. The largest absolute Gasteiger partial charge is 0.374 e. The first-order chi connectivity index (χ1) is 16.6. The van der Waals surface area contributed by atoms with Gasteiger partial charge < -0.3 is 43.7 Å². The van der Waals surface area contributed by atoms with Gasteiger partial charge in [-0.1, -0.05) is 20.3 Å². The van der Waals surface area contributed by atoms with Gasteiger partial charge >= 0.3 is 0 Å². The van der Waals surface area contributed by atoms with Crippen LogP contribution in [0.3, 0.4) is 0 Å². The summed E-state index contributed by atoms with van der Waals surface area (Å²) in [7, 11) is 0. The molecule has 0 aliphatic carbocycles. The van der Waals surface area contributed by atoms with Gasteiger partial charge in [-0.05, 0) is 52.0 Å². The molecule has 12 nitrogen and oxygen atoms in total. The summed E-state index contributed by atoms with van der Waals surface area (Å²) in [6, 6.07) is -2.48. The molecule has 12 heteroatoms. The highest BCUT2D eigenvalue weighted by molar-refractivity contribution is 5.93. The minimum Gasteiger partial charge on any atom is -0.374 e. The number of rotatable bonds is 18. The van der Waals surface area contributed by atoms with E-state index >= 15 is 0 Å². The molecule has 202 valence electrons. The number of nitrogens with two attached hydrogens (primary N) is 4. The maximum Gasteiger partial charge on any atom is 0.243 e. The Morgan fingerprint density at radius 3 is 2.20 bits per heavy atom. The van der Waals surface area contributed by atoms with E-state index in [2.05, 4.69) is 25.9 Å². The molecule has 0 aromatic carbocycles. The number of carbonyl (C=O) groups excluding carboxylic acids is 3. The highest BCUT2D eigenvalue weighted by Gasteiger charge is 2.31. The molecule has 0 saturated heterocycles. The highest BCUT2D eigenvalue weighted by Crippen LogP contribution is 2.13. The van der Waals surface area contributed by atoms with E-state index in [1.807, 2.05) is 27.7 Å². The topological polar surface area (TPSA) is 216 Å². The van der Waals surface area contributed by atoms with Crippen molar-refractivity contribution in [2.45, 2.75) is 77.9 Å². The van der Waals surface area contributed by atoms with Gasteiger partial charge in [0.2, 0.25) is 11.8 Å². The molecule has 0 aliphatic heterocycles. The van der Waals surface area contributed by atoms with Crippen molar-refractivity contribution >= 4 is 29.9 Å². The number of amidine groups is 1. The summed E-state index contributed by atoms with van der Waals surface area (Å²) in [5.74, 6) is -0.702. The second kappa shape index (κ2) is 18.6. The van der Waals surface area contributed by atoms with Gasteiger partial charge in [-0.2, -0.15) is 0 Å². The molecule has 0 spiro atoms. The normalized spacial score (nSPS) is 15.0. The number of aliphatic imine (C=N–C) groups is 2. The predicted octanol–water partition coefficient (Wildman–Crippen LogP) is -1.04. The Kier molecular flexibility index (Phi) is 17.1. The molecular weight excluding hydrogens is 450 g/mol. The lowest BCUT2D eigenvalue weighted by molar-refractivity contribution is -0.131. The van der Waals surface area contributed by atoms with E-state index in [-0.39, 0.29) is 18.4 Å². The molecule has 0 radical (unpaired) electrons. The van der Waals surface area contributed by atoms with Crippen LogP contribution in [0.25, 0.3) is 0 Å². The lowest BCUT2D eigenvalue weighted by atomic mass is 9.94. The quantitative estimate of drug-likeness (QED) is 0.0536. The molecule has 0 heterocycles. The van der Waals surface area contributed by atoms with Crippen molar-refractivity contribution in [2.24, 2.45) is 44.8 Å². The van der Waals surface area contributed by atoms with Gasteiger partial charge in [0.15, 0.2) is 5.96 Å². The average Bonchev–Trinajstić information content (AvgIpc) is 2.79. The maximum absolute atomic E-state index is 13.2. The van der Waals surface area contributed by atoms with E-state index < -0.39 is 35.9 Å². The van der Waals surface area contributed by atoms with Gasteiger partial charge in [-0.25, -0.2) is 0 Å². The van der Waals surface area contributed by atoms with E-state index in [1.165, 1.54) is 0 Å². The zero-order chi connectivity index (χ0) is 26.8. The third kappa shape index (κ3) is 13.7. The Balaban J connectivity index is 5.66. The van der Waals surface area contributed by atoms with Crippen molar-refractivity contribution in [1.29, 1.82) is 0 Å². The summed E-state index contributed by atoms with van der Waals surface area (Å²) in [4.78, 5) is 46.4. The molecule has 0 aliphatic rings. The number of carbonyl (C=O) groups is 3. The first-order valence-corrected chi connectivity index (χ1v) is 12.5. The first-order valence-electron chi connectivity index (χ1n) is 12.5. The number of hydrogen-bond acceptors (Lipinski definition) is 7. The van der Waals surface area contributed by atoms with Crippen molar-refractivity contribution in [1.82, 2.24) is 16.0 Å². The zero-order valence-electron chi connectivity index (χ0n) is 21.8. The Bertz CT molecular complexity index is 694. The summed E-state index contributed by atoms with van der Waals surface area (Å²) in [6.45, 7) is 9.55. The number of nitrogens with zero attached hydrogens (tertiary/aromatic N) is 2. The summed E-state index contributed by atoms with van der Waals surface area (Å²) in [6.07, 6.45) is 3.41. The average molecular weight is 498 g/mol. The minimum atomic E-state index is -0.897. The molecule has 0 rings (SSSR count). The van der Waals surface area contributed by atoms with Crippen LogP contribution in [0.15, 0.2) is 9.98 Å². The standard InChI is InChI=1S/C23H47N9O3/c1-5-28-20(29-6-2)16(10-12-30-23(26)27)19(14-33)32-22(35)18(13-15(3)4)31-21(34)17(25)9-7-8-11-24/h14-19H,5-13,24-25H2,1-4H3,(H,28,29)(H,31,34)(H,32,35)(H4,26,27,30)/t16?,17-,18+,19-/m1/s1. The van der Waals surface area contributed by atoms with Gasteiger partial charge in [-0.3, -0.25) is 19.6 Å². The van der Waals surface area contributed by atoms with Crippen molar-refractivity contribution in [3.8, 4) is 0 Å². The fourth-order valence-electron chi connectivity index (χ4n) is 3.59. The van der Waals surface area contributed by atoms with Crippen LogP contribution >= 0.6 is 0 Å². The van der Waals surface area contributed by atoms with Crippen LogP contribution in [0.1, 0.15) is 59.8 Å². The maximum atomic E-state index is 13.2. The first kappa shape index (κ1) is 32.3. The predicted molar refractivity (Wildman–Crippen MR) is 141 cm³/mol. The van der Waals surface area contributed by atoms with E-state index in [0.29, 0.717) is 51.0 Å². The third-order valence-electron chi connectivity index (χ3n) is 5.31. The summed E-state index contributed by atoms with van der Waals surface area (Å²) < 4.78 is 0. The van der Waals surface area contributed by atoms with Gasteiger partial charge in [0, 0.05) is 25.6 Å². The van der Waals surface area contributed by atoms with Crippen molar-refractivity contribution in [2.75, 3.05) is 26.2 Å². The molecule has 2 amide bonds. The molecule has 1 unspecified atom stereocenters. The van der Waals surface area contributed by atoms with Gasteiger partial charge in [-0.15, -0.1) is 0 Å². The second-order valence-corrected chi connectivity index (χ2v) is 8.84. The number of unbranched alkanes of at least 4 members (excludes halogenated alkanes) is 1. The van der Waals surface area contributed by atoms with E-state index in [1.54, 1.807) is 0 Å². The van der Waals surface area contributed by atoms with Crippen LogP contribution in [0, 0.1) is 11.8 Å². The summed E-state index contributed by atoms with van der Waals surface area (Å²) >= 11 is 0. The Labute approximate surface area is 209 Å². The molecule has 0 aromatic heterocycles. The number of amides is 2. The molecular formula is C23H47N9O3. The highest BCUT2D eigenvalue weighted by atomic mass is 16.2. The lowest BCUT2D eigenvalue weighted by Crippen LogP contribution is -2.56. The Morgan fingerprint density at radius 1 is 1.00 bits per heavy atom. The summed E-state index contributed by atoms with van der Waals surface area (Å²) in [5, 5.41) is 8.73. The fourth-order valence-corrected chi connectivity index (χ4v) is 3.59. The Hall–Kier alpha value is -2.73. The summed E-state index contributed by atoms with van der Waals surface area (Å²) in [5.41, 5.74) is 22.4. The second-order valence-electron chi connectivity index (χ2n) is 8.84. The molecule has 0 saturated carbocycles. The van der Waals surface area contributed by atoms with Crippen LogP contribution in [-0.2, 0) is 14.4 Å². The van der Waals surface area contributed by atoms with Gasteiger partial charge in [0.25, 0.3) is 0 Å². The van der Waals surface area contributed by atoms with Crippen LogP contribution in [0.2, 0.25) is 0 Å². The van der Waals surface area contributed by atoms with Gasteiger partial charge in [0.1, 0.15) is 18.2 Å². The van der Waals surface area contributed by atoms with Crippen LogP contribution in [-0.4, -0.2) is 74.2 Å². The number of hydrogen-bond donors (Lipinski definition) is 7.